The molecule has 0 aliphatic carbocycles. The number of carbonyl (C=O) groups is 2. The van der Waals surface area contributed by atoms with Gasteiger partial charge in [0.05, 0.1) is 5.41 Å². The van der Waals surface area contributed by atoms with Gasteiger partial charge < -0.3 is 15.2 Å². The van der Waals surface area contributed by atoms with Gasteiger partial charge in [0.1, 0.15) is 6.61 Å². The van der Waals surface area contributed by atoms with Crippen molar-refractivity contribution in [3.63, 3.8) is 0 Å². The molecule has 0 radical (unpaired) electrons. The Labute approximate surface area is 83.4 Å². The minimum Gasteiger partial charge on any atom is -0.481 e. The molecule has 0 aromatic rings. The zero-order valence-corrected chi connectivity index (χ0v) is 8.79. The minimum absolute atomic E-state index is 0.0216. The highest BCUT2D eigenvalue weighted by Crippen LogP contribution is 2.12. The van der Waals surface area contributed by atoms with Crippen LogP contribution in [0.1, 0.15) is 20.8 Å². The average molecular weight is 203 g/mol. The van der Waals surface area contributed by atoms with E-state index in [0.29, 0.717) is 6.61 Å². The number of nitrogens with one attached hydrogen (secondary N) is 1. The van der Waals surface area contributed by atoms with Gasteiger partial charge in [-0.05, 0) is 20.8 Å². The first-order valence-corrected chi connectivity index (χ1v) is 4.48. The number of ether oxygens (including phenoxy) is 1. The Bertz CT molecular complexity index is 213. The molecule has 0 atom stereocenters. The van der Waals surface area contributed by atoms with E-state index in [2.05, 4.69) is 5.32 Å². The van der Waals surface area contributed by atoms with Gasteiger partial charge in [0.15, 0.2) is 0 Å². The molecule has 0 heterocycles. The SMILES string of the molecule is CCOCC(=O)NCC(C)(C)C(=O)O. The van der Waals surface area contributed by atoms with Crippen molar-refractivity contribution in [2.45, 2.75) is 20.8 Å². The molecule has 0 unspecified atom stereocenters. The van der Waals surface area contributed by atoms with E-state index in [1.165, 1.54) is 0 Å². The molecule has 0 aromatic heterocycles. The van der Waals surface area contributed by atoms with Crippen LogP contribution in [0, 0.1) is 5.41 Å². The van der Waals surface area contributed by atoms with E-state index in [0.717, 1.165) is 0 Å². The van der Waals surface area contributed by atoms with Gasteiger partial charge in [0, 0.05) is 13.2 Å². The van der Waals surface area contributed by atoms with Crippen LogP contribution in [0.3, 0.4) is 0 Å². The second kappa shape index (κ2) is 5.59. The first-order valence-electron chi connectivity index (χ1n) is 4.48. The lowest BCUT2D eigenvalue weighted by atomic mass is 9.94. The summed E-state index contributed by atoms with van der Waals surface area (Å²) in [5, 5.41) is 11.2. The summed E-state index contributed by atoms with van der Waals surface area (Å²) in [6.07, 6.45) is 0. The Morgan fingerprint density at radius 1 is 1.43 bits per heavy atom. The van der Waals surface area contributed by atoms with Gasteiger partial charge in [0.25, 0.3) is 0 Å². The number of hydrogen-bond acceptors (Lipinski definition) is 3. The van der Waals surface area contributed by atoms with E-state index in [9.17, 15) is 9.59 Å². The standard InChI is InChI=1S/C9H17NO4/c1-4-14-5-7(11)10-6-9(2,3)8(12)13/h4-6H2,1-3H3,(H,10,11)(H,12,13). The van der Waals surface area contributed by atoms with Crippen molar-refractivity contribution in [3.05, 3.63) is 0 Å². The average Bonchev–Trinajstić information content (AvgIpc) is 2.11. The molecule has 1 amide bonds. The smallest absolute Gasteiger partial charge is 0.310 e. The number of amides is 1. The highest BCUT2D eigenvalue weighted by Gasteiger charge is 2.27. The number of hydrogen-bond donors (Lipinski definition) is 2. The highest BCUT2D eigenvalue weighted by atomic mass is 16.5. The normalized spacial score (nSPS) is 11.1. The Hall–Kier alpha value is -1.10. The van der Waals surface area contributed by atoms with Crippen molar-refractivity contribution in [1.82, 2.24) is 5.32 Å². The van der Waals surface area contributed by atoms with E-state index in [-0.39, 0.29) is 19.1 Å². The summed E-state index contributed by atoms with van der Waals surface area (Å²) in [4.78, 5) is 21.7. The predicted molar refractivity (Wildman–Crippen MR) is 50.9 cm³/mol. The molecular weight excluding hydrogens is 186 g/mol. The van der Waals surface area contributed by atoms with Crippen LogP contribution in [0.5, 0.6) is 0 Å². The third kappa shape index (κ3) is 4.81. The van der Waals surface area contributed by atoms with Crippen LogP contribution in [-0.4, -0.2) is 36.7 Å². The van der Waals surface area contributed by atoms with Crippen LogP contribution >= 0.6 is 0 Å². The lowest BCUT2D eigenvalue weighted by Gasteiger charge is -2.19. The van der Waals surface area contributed by atoms with Crippen LogP contribution in [0.15, 0.2) is 0 Å². The van der Waals surface area contributed by atoms with Crippen LogP contribution in [0.4, 0.5) is 0 Å². The van der Waals surface area contributed by atoms with Gasteiger partial charge in [0.2, 0.25) is 5.91 Å². The van der Waals surface area contributed by atoms with Crippen molar-refractivity contribution in [1.29, 1.82) is 0 Å². The number of carbonyl (C=O) groups excluding carboxylic acids is 1. The second-order valence-corrected chi connectivity index (χ2v) is 3.60. The van der Waals surface area contributed by atoms with E-state index in [1.807, 2.05) is 0 Å². The van der Waals surface area contributed by atoms with Crippen molar-refractivity contribution in [2.24, 2.45) is 5.41 Å². The zero-order chi connectivity index (χ0) is 11.2. The third-order valence-electron chi connectivity index (χ3n) is 1.74. The fourth-order valence-corrected chi connectivity index (χ4v) is 0.641. The van der Waals surface area contributed by atoms with E-state index < -0.39 is 11.4 Å². The maximum absolute atomic E-state index is 11.0. The van der Waals surface area contributed by atoms with Crippen molar-refractivity contribution < 1.29 is 19.4 Å². The van der Waals surface area contributed by atoms with Gasteiger partial charge in [-0.1, -0.05) is 0 Å². The van der Waals surface area contributed by atoms with Crippen molar-refractivity contribution in [2.75, 3.05) is 19.8 Å². The largest absolute Gasteiger partial charge is 0.481 e. The molecule has 0 spiro atoms. The molecule has 0 saturated carbocycles. The first-order chi connectivity index (χ1) is 6.40. The molecule has 0 saturated heterocycles. The van der Waals surface area contributed by atoms with Crippen molar-refractivity contribution in [3.8, 4) is 0 Å². The topological polar surface area (TPSA) is 75.6 Å². The monoisotopic (exact) mass is 203 g/mol. The molecular formula is C9H17NO4. The molecule has 0 aliphatic heterocycles. The number of carboxylic acid groups (broad SMARTS) is 1. The second-order valence-electron chi connectivity index (χ2n) is 3.60. The maximum atomic E-state index is 11.0. The van der Waals surface area contributed by atoms with Crippen LogP contribution in [0.25, 0.3) is 0 Å². The van der Waals surface area contributed by atoms with Gasteiger partial charge in [-0.15, -0.1) is 0 Å². The van der Waals surface area contributed by atoms with Crippen LogP contribution < -0.4 is 5.32 Å². The summed E-state index contributed by atoms with van der Waals surface area (Å²) in [5.74, 6) is -1.23. The summed E-state index contributed by atoms with van der Waals surface area (Å²) < 4.78 is 4.86. The van der Waals surface area contributed by atoms with Gasteiger partial charge in [-0.2, -0.15) is 0 Å². The van der Waals surface area contributed by atoms with Gasteiger partial charge in [-0.3, -0.25) is 9.59 Å². The molecule has 2 N–H and O–H groups in total. The van der Waals surface area contributed by atoms with E-state index >= 15 is 0 Å². The summed E-state index contributed by atoms with van der Waals surface area (Å²) >= 11 is 0. The Balaban J connectivity index is 3.82. The fourth-order valence-electron chi connectivity index (χ4n) is 0.641. The number of aliphatic carboxylic acids is 1. The molecule has 0 fully saturated rings. The molecule has 5 heteroatoms. The Kier molecular flexibility index (Phi) is 5.15. The quantitative estimate of drug-likeness (QED) is 0.648. The number of rotatable bonds is 6. The highest BCUT2D eigenvalue weighted by molar-refractivity contribution is 5.79. The van der Waals surface area contributed by atoms with Gasteiger partial charge in [-0.25, -0.2) is 0 Å². The molecule has 0 rings (SSSR count). The molecule has 5 nitrogen and oxygen atoms in total. The molecule has 82 valence electrons. The summed E-state index contributed by atoms with van der Waals surface area (Å²) in [5.41, 5.74) is -0.943. The molecule has 0 aromatic carbocycles. The van der Waals surface area contributed by atoms with Gasteiger partial charge >= 0.3 is 5.97 Å². The first kappa shape index (κ1) is 12.9. The van der Waals surface area contributed by atoms with Crippen LogP contribution in [-0.2, 0) is 14.3 Å². The Morgan fingerprint density at radius 3 is 2.43 bits per heavy atom. The predicted octanol–water partition coefficient (Wildman–Crippen LogP) is 0.250. The summed E-state index contributed by atoms with van der Waals surface area (Å²) in [6.45, 7) is 5.44. The maximum Gasteiger partial charge on any atom is 0.310 e. The van der Waals surface area contributed by atoms with E-state index in [1.54, 1.807) is 20.8 Å². The lowest BCUT2D eigenvalue weighted by Crippen LogP contribution is -2.40. The zero-order valence-electron chi connectivity index (χ0n) is 8.79. The van der Waals surface area contributed by atoms with Crippen molar-refractivity contribution >= 4 is 11.9 Å². The van der Waals surface area contributed by atoms with E-state index in [4.69, 9.17) is 9.84 Å². The Morgan fingerprint density at radius 2 is 2.00 bits per heavy atom. The summed E-state index contributed by atoms with van der Waals surface area (Å²) in [7, 11) is 0. The lowest BCUT2D eigenvalue weighted by molar-refractivity contribution is -0.146. The summed E-state index contributed by atoms with van der Waals surface area (Å²) in [6, 6.07) is 0. The molecule has 14 heavy (non-hydrogen) atoms. The molecule has 0 bridgehead atoms. The minimum atomic E-state index is -0.943. The number of carboxylic acids is 1. The van der Waals surface area contributed by atoms with Crippen LogP contribution in [0.2, 0.25) is 0 Å². The molecule has 0 aliphatic rings. The third-order valence-corrected chi connectivity index (χ3v) is 1.74. The fraction of sp³-hybridized carbons (Fsp3) is 0.778.